The second-order valence-corrected chi connectivity index (χ2v) is 4.85. The molecule has 1 unspecified atom stereocenters. The fraction of sp³-hybridized carbons (Fsp3) is 0.400. The van der Waals surface area contributed by atoms with Crippen molar-refractivity contribution in [2.75, 3.05) is 13.2 Å². The third kappa shape index (κ3) is 3.26. The molecule has 3 N–H and O–H groups in total. The summed E-state index contributed by atoms with van der Waals surface area (Å²) in [6.07, 6.45) is -0.340. The highest BCUT2D eigenvalue weighted by Gasteiger charge is 2.13. The van der Waals surface area contributed by atoms with Gasteiger partial charge in [0.15, 0.2) is 0 Å². The molecule has 1 aromatic carbocycles. The maximum absolute atomic E-state index is 9.51. The van der Waals surface area contributed by atoms with Crippen molar-refractivity contribution >= 4 is 31.9 Å². The summed E-state index contributed by atoms with van der Waals surface area (Å²) in [5, 5.41) is 27.2. The van der Waals surface area contributed by atoms with E-state index in [4.69, 9.17) is 10.2 Å². The molecule has 0 saturated heterocycles. The van der Waals surface area contributed by atoms with Crippen LogP contribution in [0.3, 0.4) is 0 Å². The molecule has 84 valence electrons. The molecule has 0 aromatic heterocycles. The number of aliphatic hydroxyl groups excluding tert-OH is 3. The highest BCUT2D eigenvalue weighted by Crippen LogP contribution is 2.30. The van der Waals surface area contributed by atoms with Crippen molar-refractivity contribution in [1.82, 2.24) is 0 Å². The zero-order valence-electron chi connectivity index (χ0n) is 7.95. The van der Waals surface area contributed by atoms with Crippen LogP contribution >= 0.6 is 31.9 Å². The Hall–Kier alpha value is 0.0600. The third-order valence-electron chi connectivity index (χ3n) is 2.08. The maximum Gasteiger partial charge on any atom is 0.103 e. The van der Waals surface area contributed by atoms with Gasteiger partial charge in [-0.25, -0.2) is 0 Å². The summed E-state index contributed by atoms with van der Waals surface area (Å²) in [6, 6.07) is 3.57. The van der Waals surface area contributed by atoms with Crippen molar-refractivity contribution in [3.63, 3.8) is 0 Å². The van der Waals surface area contributed by atoms with Gasteiger partial charge in [-0.3, -0.25) is 0 Å². The molecule has 0 radical (unpaired) electrons. The van der Waals surface area contributed by atoms with Crippen molar-refractivity contribution in [3.8, 4) is 0 Å². The smallest absolute Gasteiger partial charge is 0.103 e. The molecule has 0 saturated carbocycles. The lowest BCUT2D eigenvalue weighted by atomic mass is 10.1. The molecule has 3 nitrogen and oxygen atoms in total. The number of hydrogen-bond acceptors (Lipinski definition) is 3. The van der Waals surface area contributed by atoms with Crippen molar-refractivity contribution in [3.05, 3.63) is 32.2 Å². The Morgan fingerprint density at radius 2 is 1.80 bits per heavy atom. The Kier molecular flexibility index (Phi) is 5.22. The molecule has 0 heterocycles. The van der Waals surface area contributed by atoms with Gasteiger partial charge in [0.2, 0.25) is 0 Å². The number of aliphatic hydroxyl groups is 3. The average Bonchev–Trinajstić information content (AvgIpc) is 2.22. The van der Waals surface area contributed by atoms with Crippen LogP contribution in [0.4, 0.5) is 0 Å². The Labute approximate surface area is 105 Å². The summed E-state index contributed by atoms with van der Waals surface area (Å²) in [7, 11) is 0. The number of halogens is 2. The van der Waals surface area contributed by atoms with E-state index >= 15 is 0 Å². The van der Waals surface area contributed by atoms with Gasteiger partial charge < -0.3 is 15.3 Å². The van der Waals surface area contributed by atoms with Gasteiger partial charge in [-0.1, -0.05) is 31.9 Å². The predicted molar refractivity (Wildman–Crippen MR) is 64.7 cm³/mol. The fourth-order valence-electron chi connectivity index (χ4n) is 1.27. The van der Waals surface area contributed by atoms with Crippen molar-refractivity contribution in [1.29, 1.82) is 0 Å². The zero-order valence-corrected chi connectivity index (χ0v) is 11.1. The monoisotopic (exact) mass is 338 g/mol. The summed E-state index contributed by atoms with van der Waals surface area (Å²) < 4.78 is 1.55. The summed E-state index contributed by atoms with van der Waals surface area (Å²) in [6.45, 7) is -0.239. The van der Waals surface area contributed by atoms with Crippen LogP contribution in [0.2, 0.25) is 0 Å². The van der Waals surface area contributed by atoms with Crippen LogP contribution in [-0.2, 0) is 6.42 Å². The van der Waals surface area contributed by atoms with Crippen LogP contribution in [0.1, 0.15) is 17.2 Å². The molecule has 1 atom stereocenters. The van der Waals surface area contributed by atoms with Gasteiger partial charge in [-0.15, -0.1) is 0 Å². The van der Waals surface area contributed by atoms with Gasteiger partial charge in [0.05, 0.1) is 6.61 Å². The van der Waals surface area contributed by atoms with Gasteiger partial charge in [0.1, 0.15) is 6.10 Å². The van der Waals surface area contributed by atoms with Crippen LogP contribution in [0.5, 0.6) is 0 Å². The first-order chi connectivity index (χ1) is 7.10. The highest BCUT2D eigenvalue weighted by molar-refractivity contribution is 9.11. The molecule has 1 aromatic rings. The van der Waals surface area contributed by atoms with Crippen LogP contribution in [-0.4, -0.2) is 28.5 Å². The fourth-order valence-corrected chi connectivity index (χ4v) is 2.48. The van der Waals surface area contributed by atoms with E-state index in [0.717, 1.165) is 14.5 Å². The van der Waals surface area contributed by atoms with Crippen LogP contribution in [0.15, 0.2) is 21.1 Å². The minimum Gasteiger partial charge on any atom is -0.396 e. The molecule has 0 amide bonds. The Balaban J connectivity index is 3.07. The molecular formula is C10H12Br2O3. The first kappa shape index (κ1) is 13.1. The average molecular weight is 340 g/mol. The summed E-state index contributed by atoms with van der Waals surface area (Å²) in [5.41, 5.74) is 1.59. The van der Waals surface area contributed by atoms with E-state index in [2.05, 4.69) is 31.9 Å². The molecule has 0 aliphatic carbocycles. The first-order valence-corrected chi connectivity index (χ1v) is 6.06. The molecule has 0 fully saturated rings. The number of benzene rings is 1. The van der Waals surface area contributed by atoms with E-state index in [1.165, 1.54) is 0 Å². The molecule has 15 heavy (non-hydrogen) atoms. The largest absolute Gasteiger partial charge is 0.396 e. The molecule has 0 aliphatic rings. The topological polar surface area (TPSA) is 60.7 Å². The third-order valence-corrected chi connectivity index (χ3v) is 3.50. The molecule has 0 spiro atoms. The highest BCUT2D eigenvalue weighted by atomic mass is 79.9. The molecular weight excluding hydrogens is 328 g/mol. The lowest BCUT2D eigenvalue weighted by molar-refractivity contribution is 0.0950. The summed E-state index contributed by atoms with van der Waals surface area (Å²) >= 11 is 6.67. The quantitative estimate of drug-likeness (QED) is 0.783. The normalized spacial score (nSPS) is 12.9. The Morgan fingerprint density at radius 3 is 2.33 bits per heavy atom. The number of hydrogen-bond donors (Lipinski definition) is 3. The molecule has 0 aliphatic heterocycles. The van der Waals surface area contributed by atoms with Crippen molar-refractivity contribution < 1.29 is 15.3 Å². The SMILES string of the molecule is OCCc1cc(Br)c(C(O)CO)cc1Br. The number of rotatable bonds is 4. The summed E-state index contributed by atoms with van der Waals surface area (Å²) in [5.74, 6) is 0. The summed E-state index contributed by atoms with van der Waals surface area (Å²) in [4.78, 5) is 0. The van der Waals surface area contributed by atoms with Crippen molar-refractivity contribution in [2.45, 2.75) is 12.5 Å². The lowest BCUT2D eigenvalue weighted by Gasteiger charge is -2.13. The van der Waals surface area contributed by atoms with Crippen LogP contribution in [0.25, 0.3) is 0 Å². The first-order valence-electron chi connectivity index (χ1n) is 4.47. The van der Waals surface area contributed by atoms with Crippen molar-refractivity contribution in [2.24, 2.45) is 0 Å². The van der Waals surface area contributed by atoms with Crippen LogP contribution in [0, 0.1) is 0 Å². The van der Waals surface area contributed by atoms with Gasteiger partial charge in [0.25, 0.3) is 0 Å². The van der Waals surface area contributed by atoms with E-state index in [1.807, 2.05) is 6.07 Å². The lowest BCUT2D eigenvalue weighted by Crippen LogP contribution is -2.04. The molecule has 1 rings (SSSR count). The standard InChI is InChI=1S/C10H12Br2O3/c11-8-4-7(10(15)5-14)9(12)3-6(8)1-2-13/h3-4,10,13-15H,1-2,5H2. The zero-order chi connectivity index (χ0) is 11.4. The van der Waals surface area contributed by atoms with E-state index in [0.29, 0.717) is 12.0 Å². The maximum atomic E-state index is 9.51. The van der Waals surface area contributed by atoms with Gasteiger partial charge in [0, 0.05) is 15.6 Å². The van der Waals surface area contributed by atoms with Gasteiger partial charge >= 0.3 is 0 Å². The molecule has 0 bridgehead atoms. The predicted octanol–water partition coefficient (Wildman–Crippen LogP) is 1.77. The second-order valence-electron chi connectivity index (χ2n) is 3.14. The minimum absolute atomic E-state index is 0.0763. The molecule has 5 heteroatoms. The second kappa shape index (κ2) is 5.96. The van der Waals surface area contributed by atoms with E-state index < -0.39 is 6.10 Å². The minimum atomic E-state index is -0.890. The van der Waals surface area contributed by atoms with E-state index in [1.54, 1.807) is 6.07 Å². The van der Waals surface area contributed by atoms with Crippen LogP contribution < -0.4 is 0 Å². The Bertz CT molecular complexity index is 342. The van der Waals surface area contributed by atoms with E-state index in [9.17, 15) is 5.11 Å². The van der Waals surface area contributed by atoms with Gasteiger partial charge in [-0.2, -0.15) is 0 Å². The van der Waals surface area contributed by atoms with Gasteiger partial charge in [-0.05, 0) is 29.7 Å². The van der Waals surface area contributed by atoms with E-state index in [-0.39, 0.29) is 13.2 Å². The Morgan fingerprint density at radius 1 is 1.13 bits per heavy atom.